The minimum absolute atomic E-state index is 0.0519. The number of nitrogens with one attached hydrogen (secondary N) is 1. The van der Waals surface area contributed by atoms with Gasteiger partial charge in [0.1, 0.15) is 11.9 Å². The number of hydrogen-bond acceptors (Lipinski definition) is 5. The number of nitrogens with zero attached hydrogens (tertiary/aromatic N) is 3. The summed E-state index contributed by atoms with van der Waals surface area (Å²) < 4.78 is 6.87. The van der Waals surface area contributed by atoms with Crippen molar-refractivity contribution in [2.45, 2.75) is 20.0 Å². The average Bonchev–Trinajstić information content (AvgIpc) is 2.39. The minimum Gasteiger partial charge on any atom is -0.490 e. The molecule has 1 aromatic carbocycles. The summed E-state index contributed by atoms with van der Waals surface area (Å²) >= 11 is 4.96. The lowest BCUT2D eigenvalue weighted by Gasteiger charge is -2.11. The van der Waals surface area contributed by atoms with Crippen molar-refractivity contribution in [3.63, 3.8) is 0 Å². The third-order valence-electron chi connectivity index (χ3n) is 2.33. The summed E-state index contributed by atoms with van der Waals surface area (Å²) in [5.74, 6) is 0.697. The summed E-state index contributed by atoms with van der Waals surface area (Å²) in [6.07, 6.45) is 2.70. The summed E-state index contributed by atoms with van der Waals surface area (Å²) in [6.45, 7) is 3.88. The molecule has 0 aliphatic carbocycles. The summed E-state index contributed by atoms with van der Waals surface area (Å²) in [5.41, 5.74) is 0.367. The van der Waals surface area contributed by atoms with Gasteiger partial charge in [0.2, 0.25) is 4.77 Å². The Balaban J connectivity index is 2.37. The van der Waals surface area contributed by atoms with Gasteiger partial charge in [-0.1, -0.05) is 12.1 Å². The summed E-state index contributed by atoms with van der Waals surface area (Å²) in [7, 11) is 0. The molecule has 1 N–H and O–H groups in total. The van der Waals surface area contributed by atoms with Crippen LogP contribution < -0.4 is 10.3 Å². The maximum absolute atomic E-state index is 11.6. The van der Waals surface area contributed by atoms with Crippen LogP contribution in [0.15, 0.2) is 40.4 Å². The number of H-pyrrole nitrogens is 1. The Morgan fingerprint density at radius 3 is 2.90 bits per heavy atom. The molecule has 0 saturated carbocycles. The molecular formula is C13H14N4O2S. The van der Waals surface area contributed by atoms with Gasteiger partial charge in [-0.2, -0.15) is 14.9 Å². The molecule has 0 unspecified atom stereocenters. The van der Waals surface area contributed by atoms with Crippen molar-refractivity contribution < 1.29 is 4.74 Å². The van der Waals surface area contributed by atoms with Crippen LogP contribution in [0.1, 0.15) is 19.4 Å². The molecule has 0 saturated heterocycles. The van der Waals surface area contributed by atoms with Gasteiger partial charge in [-0.05, 0) is 38.2 Å². The number of aromatic nitrogens is 3. The summed E-state index contributed by atoms with van der Waals surface area (Å²) in [4.78, 5) is 11.6. The second kappa shape index (κ2) is 6.25. The Morgan fingerprint density at radius 1 is 1.45 bits per heavy atom. The van der Waals surface area contributed by atoms with Crippen LogP contribution in [0.4, 0.5) is 0 Å². The van der Waals surface area contributed by atoms with Crippen LogP contribution in [0.5, 0.6) is 5.75 Å². The maximum atomic E-state index is 11.6. The van der Waals surface area contributed by atoms with Crippen molar-refractivity contribution >= 4 is 18.4 Å². The highest BCUT2D eigenvalue weighted by molar-refractivity contribution is 7.71. The highest BCUT2D eigenvalue weighted by Crippen LogP contribution is 2.17. The number of para-hydroxylation sites is 1. The number of hydrogen-bond donors (Lipinski definition) is 1. The Kier molecular flexibility index (Phi) is 4.41. The second-order valence-corrected chi connectivity index (χ2v) is 4.66. The Morgan fingerprint density at radius 2 is 2.20 bits per heavy atom. The molecular weight excluding hydrogens is 276 g/mol. The molecule has 0 aliphatic heterocycles. The Bertz CT molecular complexity index is 705. The first-order valence-corrected chi connectivity index (χ1v) is 6.45. The minimum atomic E-state index is -0.396. The standard InChI is InChI=1S/C13H14N4O2S/c1-9(2)19-11-6-4-3-5-10(11)7-15-17-12(18)8-14-16-13(17)20/h3-9H,1-2H3,(H,16,20)/b15-7+. The third-order valence-corrected chi connectivity index (χ3v) is 2.59. The van der Waals surface area contributed by atoms with Gasteiger partial charge >= 0.3 is 0 Å². The predicted molar refractivity (Wildman–Crippen MR) is 78.9 cm³/mol. The first-order valence-electron chi connectivity index (χ1n) is 6.04. The number of ether oxygens (including phenoxy) is 1. The fourth-order valence-corrected chi connectivity index (χ4v) is 1.71. The van der Waals surface area contributed by atoms with E-state index < -0.39 is 5.56 Å². The van der Waals surface area contributed by atoms with Gasteiger partial charge in [0.25, 0.3) is 5.56 Å². The molecule has 6 nitrogen and oxygen atoms in total. The van der Waals surface area contributed by atoms with Gasteiger partial charge in [-0.25, -0.2) is 0 Å². The molecule has 0 radical (unpaired) electrons. The molecule has 0 amide bonds. The molecule has 0 bridgehead atoms. The predicted octanol–water partition coefficient (Wildman–Crippen LogP) is 1.97. The quantitative estimate of drug-likeness (QED) is 0.690. The molecule has 2 rings (SSSR count). The topological polar surface area (TPSA) is 72.3 Å². The molecule has 0 spiro atoms. The fraction of sp³-hybridized carbons (Fsp3) is 0.231. The van der Waals surface area contributed by atoms with Gasteiger partial charge in [0, 0.05) is 5.56 Å². The van der Waals surface area contributed by atoms with Crippen LogP contribution in [0.2, 0.25) is 0 Å². The normalized spacial score (nSPS) is 11.2. The van der Waals surface area contributed by atoms with E-state index in [0.717, 1.165) is 16.4 Å². The lowest BCUT2D eigenvalue weighted by Crippen LogP contribution is -2.18. The zero-order valence-corrected chi connectivity index (χ0v) is 11.9. The Hall–Kier alpha value is -2.28. The van der Waals surface area contributed by atoms with Gasteiger partial charge in [-0.3, -0.25) is 9.89 Å². The van der Waals surface area contributed by atoms with E-state index >= 15 is 0 Å². The van der Waals surface area contributed by atoms with Crippen LogP contribution in [-0.4, -0.2) is 27.2 Å². The van der Waals surface area contributed by atoms with E-state index in [4.69, 9.17) is 17.0 Å². The molecule has 104 valence electrons. The monoisotopic (exact) mass is 290 g/mol. The molecule has 7 heteroatoms. The molecule has 1 heterocycles. The smallest absolute Gasteiger partial charge is 0.293 e. The number of aromatic amines is 1. The molecule has 20 heavy (non-hydrogen) atoms. The number of rotatable bonds is 4. The van der Waals surface area contributed by atoms with E-state index in [0.29, 0.717) is 5.75 Å². The van der Waals surface area contributed by atoms with Gasteiger partial charge in [0.15, 0.2) is 0 Å². The van der Waals surface area contributed by atoms with Crippen molar-refractivity contribution in [2.75, 3.05) is 0 Å². The molecule has 0 aliphatic rings. The van der Waals surface area contributed by atoms with Gasteiger partial charge in [-0.15, -0.1) is 0 Å². The van der Waals surface area contributed by atoms with E-state index in [1.54, 1.807) is 0 Å². The first kappa shape index (κ1) is 14.1. The van der Waals surface area contributed by atoms with Crippen molar-refractivity contribution in [3.8, 4) is 5.75 Å². The van der Waals surface area contributed by atoms with Crippen LogP contribution in [0, 0.1) is 4.77 Å². The fourth-order valence-electron chi connectivity index (χ4n) is 1.52. The van der Waals surface area contributed by atoms with Crippen molar-refractivity contribution in [1.29, 1.82) is 0 Å². The van der Waals surface area contributed by atoms with Crippen LogP contribution in [0.25, 0.3) is 0 Å². The van der Waals surface area contributed by atoms with Crippen LogP contribution in [-0.2, 0) is 0 Å². The lowest BCUT2D eigenvalue weighted by molar-refractivity contribution is 0.242. The number of benzene rings is 1. The van der Waals surface area contributed by atoms with E-state index in [-0.39, 0.29) is 10.9 Å². The average molecular weight is 290 g/mol. The first-order chi connectivity index (χ1) is 9.58. The van der Waals surface area contributed by atoms with Crippen molar-refractivity contribution in [1.82, 2.24) is 14.9 Å². The second-order valence-electron chi connectivity index (χ2n) is 4.27. The van der Waals surface area contributed by atoms with Gasteiger partial charge < -0.3 is 4.74 Å². The summed E-state index contributed by atoms with van der Waals surface area (Å²) in [5, 5.41) is 10.2. The molecule has 0 atom stereocenters. The maximum Gasteiger partial charge on any atom is 0.293 e. The van der Waals surface area contributed by atoms with Crippen LogP contribution in [0.3, 0.4) is 0 Å². The largest absolute Gasteiger partial charge is 0.490 e. The van der Waals surface area contributed by atoms with Gasteiger partial charge in [0.05, 0.1) is 12.3 Å². The lowest BCUT2D eigenvalue weighted by atomic mass is 10.2. The van der Waals surface area contributed by atoms with Crippen molar-refractivity contribution in [3.05, 3.63) is 51.2 Å². The van der Waals surface area contributed by atoms with E-state index in [9.17, 15) is 4.79 Å². The molecule has 1 aromatic heterocycles. The third kappa shape index (κ3) is 3.39. The zero-order valence-electron chi connectivity index (χ0n) is 11.1. The highest BCUT2D eigenvalue weighted by Gasteiger charge is 2.03. The van der Waals surface area contributed by atoms with E-state index in [2.05, 4.69) is 15.3 Å². The van der Waals surface area contributed by atoms with Crippen LogP contribution >= 0.6 is 12.2 Å². The molecule has 0 fully saturated rings. The highest BCUT2D eigenvalue weighted by atomic mass is 32.1. The van der Waals surface area contributed by atoms with Crippen molar-refractivity contribution in [2.24, 2.45) is 5.10 Å². The van der Waals surface area contributed by atoms with E-state index in [1.807, 2.05) is 38.1 Å². The zero-order chi connectivity index (χ0) is 14.5. The van der Waals surface area contributed by atoms with E-state index in [1.165, 1.54) is 6.21 Å². The summed E-state index contributed by atoms with van der Waals surface area (Å²) in [6, 6.07) is 7.43. The molecule has 2 aromatic rings. The Labute approximate surface area is 120 Å². The SMILES string of the molecule is CC(C)Oc1ccccc1/C=N/n1c(=O)cn[nH]c1=S.